The number of alkyl halides is 4. The Balaban J connectivity index is 2.60. The van der Waals surface area contributed by atoms with Crippen molar-refractivity contribution in [2.75, 3.05) is 26.2 Å². The number of halogens is 4. The molecule has 0 aromatic heterocycles. The molecular weight excluding hydrogens is 244 g/mol. The van der Waals surface area contributed by atoms with Gasteiger partial charge in [-0.3, -0.25) is 9.59 Å². The van der Waals surface area contributed by atoms with Crippen LogP contribution in [0.1, 0.15) is 6.92 Å². The first-order valence-corrected chi connectivity index (χ1v) is 4.97. The molecule has 1 rings (SSSR count). The van der Waals surface area contributed by atoms with Crippen molar-refractivity contribution in [1.29, 1.82) is 0 Å². The Hall–Kier alpha value is -1.34. The second-order valence-electron chi connectivity index (χ2n) is 3.72. The molecule has 0 atom stereocenters. The Morgan fingerprint density at radius 2 is 1.47 bits per heavy atom. The first kappa shape index (κ1) is 13.7. The molecule has 0 N–H and O–H groups in total. The summed E-state index contributed by atoms with van der Waals surface area (Å²) in [4.78, 5) is 24.1. The topological polar surface area (TPSA) is 40.6 Å². The molecule has 0 aromatic rings. The van der Waals surface area contributed by atoms with Gasteiger partial charge in [-0.1, -0.05) is 0 Å². The van der Waals surface area contributed by atoms with Gasteiger partial charge in [0.1, 0.15) is 0 Å². The van der Waals surface area contributed by atoms with Gasteiger partial charge in [0, 0.05) is 33.1 Å². The van der Waals surface area contributed by atoms with E-state index in [2.05, 4.69) is 0 Å². The lowest BCUT2D eigenvalue weighted by atomic mass is 10.2. The zero-order valence-corrected chi connectivity index (χ0v) is 9.13. The monoisotopic (exact) mass is 256 g/mol. The minimum Gasteiger partial charge on any atom is -0.339 e. The molecule has 0 unspecified atom stereocenters. The Kier molecular flexibility index (Phi) is 3.94. The Bertz CT molecular complexity index is 314. The van der Waals surface area contributed by atoms with E-state index in [1.165, 1.54) is 11.8 Å². The standard InChI is InChI=1S/C9H12F4N2O2/c1-6(16)14-2-4-15(5-3-14)8(17)9(12,13)7(10)11/h7H,2-5H2,1H3. The Labute approximate surface area is 95.2 Å². The zero-order chi connectivity index (χ0) is 13.2. The van der Waals surface area contributed by atoms with Crippen molar-refractivity contribution >= 4 is 11.8 Å². The van der Waals surface area contributed by atoms with E-state index >= 15 is 0 Å². The molecule has 1 fully saturated rings. The molecule has 8 heteroatoms. The third kappa shape index (κ3) is 2.86. The predicted molar refractivity (Wildman–Crippen MR) is 49.8 cm³/mol. The van der Waals surface area contributed by atoms with E-state index in [1.807, 2.05) is 0 Å². The van der Waals surface area contributed by atoms with Crippen LogP contribution in [-0.4, -0.2) is 60.1 Å². The third-order valence-electron chi connectivity index (χ3n) is 2.57. The van der Waals surface area contributed by atoms with Crippen molar-refractivity contribution in [2.45, 2.75) is 19.3 Å². The van der Waals surface area contributed by atoms with Crippen LogP contribution in [-0.2, 0) is 9.59 Å². The van der Waals surface area contributed by atoms with Gasteiger partial charge < -0.3 is 9.80 Å². The second-order valence-corrected chi connectivity index (χ2v) is 3.72. The summed E-state index contributed by atoms with van der Waals surface area (Å²) in [5.41, 5.74) is 0. The third-order valence-corrected chi connectivity index (χ3v) is 2.57. The summed E-state index contributed by atoms with van der Waals surface area (Å²) in [6.45, 7) is 1.17. The molecular formula is C9H12F4N2O2. The van der Waals surface area contributed by atoms with E-state index in [-0.39, 0.29) is 32.1 Å². The maximum Gasteiger partial charge on any atom is 0.383 e. The van der Waals surface area contributed by atoms with E-state index in [0.29, 0.717) is 4.90 Å². The lowest BCUT2D eigenvalue weighted by Crippen LogP contribution is -2.55. The molecule has 0 aliphatic carbocycles. The second kappa shape index (κ2) is 4.89. The molecule has 2 amide bonds. The van der Waals surface area contributed by atoms with Gasteiger partial charge in [-0.25, -0.2) is 8.78 Å². The summed E-state index contributed by atoms with van der Waals surface area (Å²) >= 11 is 0. The van der Waals surface area contributed by atoms with Crippen LogP contribution in [0, 0.1) is 0 Å². The van der Waals surface area contributed by atoms with Gasteiger partial charge in [-0.15, -0.1) is 0 Å². The van der Waals surface area contributed by atoms with Crippen LogP contribution in [0.2, 0.25) is 0 Å². The highest BCUT2D eigenvalue weighted by Gasteiger charge is 2.51. The number of hydrogen-bond donors (Lipinski definition) is 0. The molecule has 1 aliphatic rings. The quantitative estimate of drug-likeness (QED) is 0.678. The number of nitrogens with zero attached hydrogens (tertiary/aromatic N) is 2. The molecule has 0 bridgehead atoms. The predicted octanol–water partition coefficient (Wildman–Crippen LogP) is 0.577. The summed E-state index contributed by atoms with van der Waals surface area (Å²) in [6, 6.07) is 0. The number of hydrogen-bond acceptors (Lipinski definition) is 2. The van der Waals surface area contributed by atoms with Gasteiger partial charge in [0.15, 0.2) is 0 Å². The average molecular weight is 256 g/mol. The van der Waals surface area contributed by atoms with Crippen LogP contribution in [0.5, 0.6) is 0 Å². The summed E-state index contributed by atoms with van der Waals surface area (Å²) < 4.78 is 49.4. The normalized spacial score (nSPS) is 17.5. The number of rotatable bonds is 2. The van der Waals surface area contributed by atoms with E-state index in [1.54, 1.807) is 0 Å². The van der Waals surface area contributed by atoms with Gasteiger partial charge in [-0.05, 0) is 0 Å². The van der Waals surface area contributed by atoms with Crippen molar-refractivity contribution in [3.8, 4) is 0 Å². The summed E-state index contributed by atoms with van der Waals surface area (Å²) in [6.07, 6.45) is -4.01. The van der Waals surface area contributed by atoms with Gasteiger partial charge in [-0.2, -0.15) is 8.78 Å². The molecule has 0 radical (unpaired) electrons. The smallest absolute Gasteiger partial charge is 0.339 e. The largest absolute Gasteiger partial charge is 0.383 e. The minimum absolute atomic E-state index is 0.0837. The van der Waals surface area contributed by atoms with E-state index in [0.717, 1.165) is 0 Å². The molecule has 1 heterocycles. The van der Waals surface area contributed by atoms with E-state index in [4.69, 9.17) is 0 Å². The first-order chi connectivity index (χ1) is 7.76. The van der Waals surface area contributed by atoms with E-state index < -0.39 is 18.3 Å². The van der Waals surface area contributed by atoms with Crippen molar-refractivity contribution in [3.63, 3.8) is 0 Å². The van der Waals surface area contributed by atoms with Gasteiger partial charge in [0.25, 0.3) is 5.91 Å². The van der Waals surface area contributed by atoms with Crippen molar-refractivity contribution in [2.24, 2.45) is 0 Å². The van der Waals surface area contributed by atoms with Crippen LogP contribution >= 0.6 is 0 Å². The van der Waals surface area contributed by atoms with Crippen molar-refractivity contribution in [1.82, 2.24) is 9.80 Å². The molecule has 4 nitrogen and oxygen atoms in total. The highest BCUT2D eigenvalue weighted by Crippen LogP contribution is 2.25. The van der Waals surface area contributed by atoms with Crippen LogP contribution in [0.15, 0.2) is 0 Å². The number of amides is 2. The molecule has 1 saturated heterocycles. The van der Waals surface area contributed by atoms with Crippen LogP contribution in [0.4, 0.5) is 17.6 Å². The highest BCUT2D eigenvalue weighted by molar-refractivity contribution is 5.84. The first-order valence-electron chi connectivity index (χ1n) is 4.97. The molecule has 0 saturated carbocycles. The maximum absolute atomic E-state index is 12.8. The lowest BCUT2D eigenvalue weighted by Gasteiger charge is -2.35. The average Bonchev–Trinajstić information content (AvgIpc) is 2.27. The van der Waals surface area contributed by atoms with Crippen molar-refractivity contribution in [3.05, 3.63) is 0 Å². The van der Waals surface area contributed by atoms with Gasteiger partial charge in [0.05, 0.1) is 0 Å². The minimum atomic E-state index is -4.65. The number of piperazine rings is 1. The molecule has 1 aliphatic heterocycles. The molecule has 0 spiro atoms. The highest BCUT2D eigenvalue weighted by atomic mass is 19.3. The maximum atomic E-state index is 12.8. The van der Waals surface area contributed by atoms with Crippen LogP contribution < -0.4 is 0 Å². The Morgan fingerprint density at radius 3 is 1.82 bits per heavy atom. The zero-order valence-electron chi connectivity index (χ0n) is 9.13. The summed E-state index contributed by atoms with van der Waals surface area (Å²) in [5.74, 6) is -6.77. The van der Waals surface area contributed by atoms with Crippen molar-refractivity contribution < 1.29 is 27.2 Å². The fourth-order valence-electron chi connectivity index (χ4n) is 1.53. The molecule has 98 valence electrons. The van der Waals surface area contributed by atoms with Crippen LogP contribution in [0.25, 0.3) is 0 Å². The molecule has 0 aromatic carbocycles. The molecule has 17 heavy (non-hydrogen) atoms. The Morgan fingerprint density at radius 1 is 1.06 bits per heavy atom. The van der Waals surface area contributed by atoms with Gasteiger partial charge in [0.2, 0.25) is 5.91 Å². The SMILES string of the molecule is CC(=O)N1CCN(C(=O)C(F)(F)C(F)F)CC1. The number of carbonyl (C=O) groups excluding carboxylic acids is 2. The van der Waals surface area contributed by atoms with Gasteiger partial charge >= 0.3 is 12.3 Å². The fourth-order valence-corrected chi connectivity index (χ4v) is 1.53. The lowest BCUT2D eigenvalue weighted by molar-refractivity contribution is -0.182. The van der Waals surface area contributed by atoms with E-state index in [9.17, 15) is 27.2 Å². The number of carbonyl (C=O) groups is 2. The van der Waals surface area contributed by atoms with Crippen LogP contribution in [0.3, 0.4) is 0 Å². The summed E-state index contributed by atoms with van der Waals surface area (Å²) in [7, 11) is 0. The summed E-state index contributed by atoms with van der Waals surface area (Å²) in [5, 5.41) is 0. The fraction of sp³-hybridized carbons (Fsp3) is 0.778.